The molecular formula is C7H5N3O3. The van der Waals surface area contributed by atoms with Gasteiger partial charge in [0.1, 0.15) is 0 Å². The Balaban J connectivity index is 2.97. The third kappa shape index (κ3) is 0.994. The second kappa shape index (κ2) is 2.44. The summed E-state index contributed by atoms with van der Waals surface area (Å²) < 4.78 is 0.198. The fraction of sp³-hybridized carbons (Fsp3) is 0. The molecule has 0 fully saturated rings. The molecule has 6 nitrogen and oxygen atoms in total. The van der Waals surface area contributed by atoms with Gasteiger partial charge in [-0.25, -0.2) is 0 Å². The number of hydrogen-bond acceptors (Lipinski definition) is 4. The Labute approximate surface area is 72.5 Å². The van der Waals surface area contributed by atoms with Gasteiger partial charge in [0.05, 0.1) is 4.85 Å². The van der Waals surface area contributed by atoms with Gasteiger partial charge in [0.2, 0.25) is 5.52 Å². The Morgan fingerprint density at radius 3 is 2.46 bits per heavy atom. The average Bonchev–Trinajstić information content (AvgIpc) is 2.15. The molecule has 1 aromatic heterocycles. The maximum Gasteiger partial charge on any atom is 0.569 e. The Hall–Kier alpha value is -2.11. The maximum absolute atomic E-state index is 11.1. The molecule has 0 aliphatic rings. The second-order valence-corrected chi connectivity index (χ2v) is 2.46. The van der Waals surface area contributed by atoms with Gasteiger partial charge in [0.25, 0.3) is 5.10 Å². The molecule has 0 radical (unpaired) electrons. The van der Waals surface area contributed by atoms with Crippen LogP contribution in [0.3, 0.4) is 0 Å². The molecule has 0 atom stereocenters. The summed E-state index contributed by atoms with van der Waals surface area (Å²) in [5.74, 6) is 0. The van der Waals surface area contributed by atoms with Crippen LogP contribution in [0.5, 0.6) is 6.01 Å². The molecule has 0 aliphatic heterocycles. The summed E-state index contributed by atoms with van der Waals surface area (Å²) in [4.78, 5) is 0.207. The van der Waals surface area contributed by atoms with Crippen LogP contribution in [-0.2, 0) is 0 Å². The van der Waals surface area contributed by atoms with Gasteiger partial charge in [0.15, 0.2) is 0 Å². The van der Waals surface area contributed by atoms with E-state index in [4.69, 9.17) is 5.11 Å². The first-order chi connectivity index (χ1) is 6.20. The molecule has 13 heavy (non-hydrogen) atoms. The molecule has 0 saturated carbocycles. The van der Waals surface area contributed by atoms with E-state index in [0.29, 0.717) is 0 Å². The topological polar surface area (TPSA) is 87.0 Å². The minimum Gasteiger partial charge on any atom is -0.707 e. The minimum atomic E-state index is -0.853. The number of benzene rings is 1. The highest BCUT2D eigenvalue weighted by Gasteiger charge is 2.19. The molecule has 0 aliphatic carbocycles. The molecule has 0 unspecified atom stereocenters. The first-order valence-corrected chi connectivity index (χ1v) is 3.51. The van der Waals surface area contributed by atoms with Crippen molar-refractivity contribution in [3.8, 4) is 6.01 Å². The van der Waals surface area contributed by atoms with E-state index >= 15 is 0 Å². The SMILES string of the molecule is [O-][n+]1nc(O)[n+]([O-])c2ccccc21. The molecule has 0 amide bonds. The number of rotatable bonds is 0. The van der Waals surface area contributed by atoms with Crippen molar-refractivity contribution in [1.82, 2.24) is 5.10 Å². The van der Waals surface area contributed by atoms with Gasteiger partial charge in [-0.15, -0.1) is 0 Å². The lowest BCUT2D eigenvalue weighted by molar-refractivity contribution is -0.684. The van der Waals surface area contributed by atoms with E-state index in [1.165, 1.54) is 12.1 Å². The van der Waals surface area contributed by atoms with Gasteiger partial charge in [-0.2, -0.15) is 4.73 Å². The lowest BCUT2D eigenvalue weighted by Crippen LogP contribution is -2.41. The lowest BCUT2D eigenvalue weighted by Gasteiger charge is -2.02. The van der Waals surface area contributed by atoms with E-state index < -0.39 is 6.01 Å². The van der Waals surface area contributed by atoms with Crippen molar-refractivity contribution in [2.24, 2.45) is 0 Å². The van der Waals surface area contributed by atoms with Crippen LogP contribution >= 0.6 is 0 Å². The summed E-state index contributed by atoms with van der Waals surface area (Å²) in [5, 5.41) is 34.2. The van der Waals surface area contributed by atoms with Crippen molar-refractivity contribution >= 4 is 11.0 Å². The summed E-state index contributed by atoms with van der Waals surface area (Å²) in [7, 11) is 0. The normalized spacial score (nSPS) is 10.5. The highest BCUT2D eigenvalue weighted by Crippen LogP contribution is 2.04. The molecule has 0 bridgehead atoms. The van der Waals surface area contributed by atoms with Gasteiger partial charge >= 0.3 is 11.5 Å². The average molecular weight is 179 g/mol. The van der Waals surface area contributed by atoms with E-state index in [9.17, 15) is 10.4 Å². The lowest BCUT2D eigenvalue weighted by atomic mass is 10.3. The predicted molar refractivity (Wildman–Crippen MR) is 41.3 cm³/mol. The maximum atomic E-state index is 11.1. The first kappa shape index (κ1) is 7.53. The molecular weight excluding hydrogens is 174 g/mol. The van der Waals surface area contributed by atoms with Crippen LogP contribution in [-0.4, -0.2) is 10.2 Å². The summed E-state index contributed by atoms with van der Waals surface area (Å²) in [6.07, 6.45) is 0. The highest BCUT2D eigenvalue weighted by molar-refractivity contribution is 5.66. The summed E-state index contributed by atoms with van der Waals surface area (Å²) >= 11 is 0. The van der Waals surface area contributed by atoms with Gasteiger partial charge in [0, 0.05) is 6.07 Å². The van der Waals surface area contributed by atoms with Crippen LogP contribution in [0, 0.1) is 10.4 Å². The molecule has 0 spiro atoms. The fourth-order valence-corrected chi connectivity index (χ4v) is 1.08. The van der Waals surface area contributed by atoms with Crippen LogP contribution in [0.1, 0.15) is 0 Å². The van der Waals surface area contributed by atoms with Gasteiger partial charge in [-0.1, -0.05) is 12.1 Å². The Morgan fingerprint density at radius 1 is 1.15 bits per heavy atom. The summed E-state index contributed by atoms with van der Waals surface area (Å²) in [6, 6.07) is 5.22. The highest BCUT2D eigenvalue weighted by atomic mass is 16.5. The summed E-state index contributed by atoms with van der Waals surface area (Å²) in [5.41, 5.74) is 0.209. The number of para-hydroxylation sites is 2. The molecule has 6 heteroatoms. The van der Waals surface area contributed by atoms with Crippen molar-refractivity contribution in [1.29, 1.82) is 0 Å². The van der Waals surface area contributed by atoms with Crippen molar-refractivity contribution in [2.75, 3.05) is 0 Å². The Kier molecular flexibility index (Phi) is 1.42. The fourth-order valence-electron chi connectivity index (χ4n) is 1.08. The van der Waals surface area contributed by atoms with Gasteiger partial charge in [-0.3, -0.25) is 0 Å². The third-order valence-electron chi connectivity index (χ3n) is 1.67. The van der Waals surface area contributed by atoms with Gasteiger partial charge < -0.3 is 15.5 Å². The van der Waals surface area contributed by atoms with Crippen LogP contribution in [0.4, 0.5) is 0 Å². The van der Waals surface area contributed by atoms with Crippen molar-refractivity contribution < 1.29 is 14.7 Å². The number of aromatic hydroxyl groups is 1. The van der Waals surface area contributed by atoms with Crippen molar-refractivity contribution in [3.63, 3.8) is 0 Å². The Morgan fingerprint density at radius 2 is 1.77 bits per heavy atom. The largest absolute Gasteiger partial charge is 0.707 e. The predicted octanol–water partition coefficient (Wildman–Crippen LogP) is -0.793. The quantitative estimate of drug-likeness (QED) is 0.424. The first-order valence-electron chi connectivity index (χ1n) is 3.51. The van der Waals surface area contributed by atoms with E-state index in [2.05, 4.69) is 5.10 Å². The van der Waals surface area contributed by atoms with Crippen LogP contribution in [0.25, 0.3) is 11.0 Å². The molecule has 2 rings (SSSR count). The second-order valence-electron chi connectivity index (χ2n) is 2.46. The smallest absolute Gasteiger partial charge is 0.569 e. The monoisotopic (exact) mass is 179 g/mol. The molecule has 66 valence electrons. The molecule has 1 aromatic carbocycles. The van der Waals surface area contributed by atoms with E-state index in [1.54, 1.807) is 12.1 Å². The zero-order chi connectivity index (χ0) is 9.42. The van der Waals surface area contributed by atoms with Crippen molar-refractivity contribution in [2.45, 2.75) is 0 Å². The summed E-state index contributed by atoms with van der Waals surface area (Å²) in [6.45, 7) is 0. The standard InChI is InChI=1S/C7H5N3O3/c11-7-8-10(13)6-4-2-1-3-5(6)9(7)12/h1-4H,(H,8,11). The van der Waals surface area contributed by atoms with Crippen molar-refractivity contribution in [3.05, 3.63) is 34.7 Å². The van der Waals surface area contributed by atoms with E-state index in [-0.39, 0.29) is 20.6 Å². The molecule has 2 aromatic rings. The molecule has 1 N–H and O–H groups in total. The number of aromatic nitrogens is 3. The third-order valence-corrected chi connectivity index (χ3v) is 1.67. The van der Waals surface area contributed by atoms with E-state index in [0.717, 1.165) is 0 Å². The van der Waals surface area contributed by atoms with E-state index in [1.807, 2.05) is 0 Å². The minimum absolute atomic E-state index is 0.0880. The zero-order valence-electron chi connectivity index (χ0n) is 6.41. The number of nitrogens with zero attached hydrogens (tertiary/aromatic N) is 3. The number of hydrogen-bond donors (Lipinski definition) is 1. The van der Waals surface area contributed by atoms with Crippen LogP contribution in [0.15, 0.2) is 24.3 Å². The zero-order valence-corrected chi connectivity index (χ0v) is 6.41. The molecule has 0 saturated heterocycles. The molecule has 1 heterocycles. The Bertz CT molecular complexity index is 472. The van der Waals surface area contributed by atoms with Gasteiger partial charge in [-0.05, 0) is 6.07 Å². The number of fused-ring (bicyclic) bond motifs is 1. The van der Waals surface area contributed by atoms with Crippen LogP contribution < -0.4 is 9.58 Å². The van der Waals surface area contributed by atoms with Crippen LogP contribution in [0.2, 0.25) is 0 Å².